The largest absolute Gasteiger partial charge is 0.353 e. The van der Waals surface area contributed by atoms with Crippen molar-refractivity contribution < 1.29 is 0 Å². The quantitative estimate of drug-likeness (QED) is 0.884. The monoisotopic (exact) mass is 322 g/mol. The van der Waals surface area contributed by atoms with Crippen LogP contribution in [0.3, 0.4) is 0 Å². The summed E-state index contributed by atoms with van der Waals surface area (Å²) < 4.78 is 0.967. The molecule has 0 aliphatic carbocycles. The lowest BCUT2D eigenvalue weighted by atomic mass is 10.0. The SMILES string of the molecule is CCC(N)Cc1cc(C)ccc1Sc1nnc(N(C)C)s1. The van der Waals surface area contributed by atoms with Crippen molar-refractivity contribution >= 4 is 28.2 Å². The van der Waals surface area contributed by atoms with E-state index in [2.05, 4.69) is 42.2 Å². The van der Waals surface area contributed by atoms with E-state index < -0.39 is 0 Å². The van der Waals surface area contributed by atoms with E-state index in [1.54, 1.807) is 23.1 Å². The zero-order valence-corrected chi connectivity index (χ0v) is 14.6. The Kier molecular flexibility index (Phi) is 5.61. The number of rotatable bonds is 6. The fourth-order valence-electron chi connectivity index (χ4n) is 1.91. The smallest absolute Gasteiger partial charge is 0.208 e. The van der Waals surface area contributed by atoms with Crippen LogP contribution in [0.1, 0.15) is 24.5 Å². The summed E-state index contributed by atoms with van der Waals surface area (Å²) in [4.78, 5) is 3.20. The molecule has 4 nitrogen and oxygen atoms in total. The fraction of sp³-hybridized carbons (Fsp3) is 0.467. The van der Waals surface area contributed by atoms with E-state index in [4.69, 9.17) is 5.73 Å². The van der Waals surface area contributed by atoms with Gasteiger partial charge in [0.25, 0.3) is 0 Å². The van der Waals surface area contributed by atoms with Crippen molar-refractivity contribution in [1.82, 2.24) is 10.2 Å². The predicted octanol–water partition coefficient (Wildman–Crippen LogP) is 3.34. The molecule has 6 heteroatoms. The Labute approximate surface area is 134 Å². The molecule has 0 radical (unpaired) electrons. The average molecular weight is 323 g/mol. The molecule has 1 atom stereocenters. The first-order valence-corrected chi connectivity index (χ1v) is 8.66. The van der Waals surface area contributed by atoms with E-state index in [0.29, 0.717) is 0 Å². The zero-order chi connectivity index (χ0) is 15.4. The van der Waals surface area contributed by atoms with E-state index in [9.17, 15) is 0 Å². The molecule has 0 saturated heterocycles. The lowest BCUT2D eigenvalue weighted by Gasteiger charge is -2.13. The molecule has 0 bridgehead atoms. The molecule has 21 heavy (non-hydrogen) atoms. The van der Waals surface area contributed by atoms with Gasteiger partial charge in [-0.2, -0.15) is 0 Å². The van der Waals surface area contributed by atoms with Gasteiger partial charge in [0.05, 0.1) is 0 Å². The summed E-state index contributed by atoms with van der Waals surface area (Å²) >= 11 is 3.29. The maximum absolute atomic E-state index is 6.12. The van der Waals surface area contributed by atoms with Gasteiger partial charge in [0.15, 0.2) is 4.34 Å². The highest BCUT2D eigenvalue weighted by Crippen LogP contribution is 2.35. The first kappa shape index (κ1) is 16.3. The van der Waals surface area contributed by atoms with Gasteiger partial charge in [-0.05, 0) is 31.4 Å². The molecule has 2 N–H and O–H groups in total. The molecular weight excluding hydrogens is 300 g/mol. The van der Waals surface area contributed by atoms with Crippen molar-refractivity contribution in [2.24, 2.45) is 5.73 Å². The van der Waals surface area contributed by atoms with Crippen molar-refractivity contribution in [2.45, 2.75) is 42.0 Å². The zero-order valence-electron chi connectivity index (χ0n) is 13.0. The number of anilines is 1. The number of nitrogens with zero attached hydrogens (tertiary/aromatic N) is 3. The second-order valence-electron chi connectivity index (χ2n) is 5.33. The number of aryl methyl sites for hydroxylation is 1. The van der Waals surface area contributed by atoms with Crippen molar-refractivity contribution in [3.8, 4) is 0 Å². The second kappa shape index (κ2) is 7.24. The third-order valence-corrected chi connectivity index (χ3v) is 5.46. The summed E-state index contributed by atoms with van der Waals surface area (Å²) in [5.74, 6) is 0. The molecule has 1 aromatic heterocycles. The molecule has 1 aromatic carbocycles. The molecular formula is C15H22N4S2. The van der Waals surface area contributed by atoms with Crippen LogP contribution in [-0.4, -0.2) is 30.3 Å². The van der Waals surface area contributed by atoms with Crippen LogP contribution in [-0.2, 0) is 6.42 Å². The summed E-state index contributed by atoms with van der Waals surface area (Å²) in [6.45, 7) is 4.24. The third kappa shape index (κ3) is 4.43. The molecule has 0 amide bonds. The van der Waals surface area contributed by atoms with Crippen LogP contribution in [0.2, 0.25) is 0 Å². The number of hydrogen-bond donors (Lipinski definition) is 1. The number of aromatic nitrogens is 2. The summed E-state index contributed by atoms with van der Waals surface area (Å²) in [6.07, 6.45) is 1.89. The Morgan fingerprint density at radius 1 is 1.33 bits per heavy atom. The Hall–Kier alpha value is -1.11. The maximum atomic E-state index is 6.12. The highest BCUT2D eigenvalue weighted by Gasteiger charge is 2.12. The molecule has 0 fully saturated rings. The predicted molar refractivity (Wildman–Crippen MR) is 91.5 cm³/mol. The topological polar surface area (TPSA) is 55.0 Å². The van der Waals surface area contributed by atoms with Gasteiger partial charge in [0.2, 0.25) is 5.13 Å². The lowest BCUT2D eigenvalue weighted by Crippen LogP contribution is -2.21. The Bertz CT molecular complexity index is 595. The number of benzene rings is 1. The molecule has 0 aliphatic heterocycles. The minimum Gasteiger partial charge on any atom is -0.353 e. The summed E-state index contributed by atoms with van der Waals surface area (Å²) in [5.41, 5.74) is 8.69. The van der Waals surface area contributed by atoms with Crippen LogP contribution in [0.25, 0.3) is 0 Å². The third-order valence-electron chi connectivity index (χ3n) is 3.20. The van der Waals surface area contributed by atoms with E-state index >= 15 is 0 Å². The first-order chi connectivity index (χ1) is 9.99. The molecule has 1 unspecified atom stereocenters. The van der Waals surface area contributed by atoms with Crippen molar-refractivity contribution in [2.75, 3.05) is 19.0 Å². The highest BCUT2D eigenvalue weighted by atomic mass is 32.2. The average Bonchev–Trinajstić information content (AvgIpc) is 2.90. The van der Waals surface area contributed by atoms with E-state index in [0.717, 1.165) is 22.3 Å². The standard InChI is InChI=1S/C15H22N4S2/c1-5-12(16)9-11-8-10(2)6-7-13(11)20-15-18-17-14(21-15)19(3)4/h6-8,12H,5,9,16H2,1-4H3. The Morgan fingerprint density at radius 3 is 2.71 bits per heavy atom. The highest BCUT2D eigenvalue weighted by molar-refractivity contribution is 8.01. The molecule has 0 aliphatic rings. The van der Waals surface area contributed by atoms with Gasteiger partial charge in [0, 0.05) is 25.0 Å². The number of hydrogen-bond acceptors (Lipinski definition) is 6. The molecule has 2 rings (SSSR count). The van der Waals surface area contributed by atoms with Gasteiger partial charge in [-0.3, -0.25) is 0 Å². The molecule has 2 aromatic rings. The van der Waals surface area contributed by atoms with Gasteiger partial charge in [-0.1, -0.05) is 47.7 Å². The normalized spacial score (nSPS) is 12.4. The van der Waals surface area contributed by atoms with Gasteiger partial charge >= 0.3 is 0 Å². The fourth-order valence-corrected chi connectivity index (χ4v) is 3.75. The van der Waals surface area contributed by atoms with Crippen LogP contribution in [0, 0.1) is 6.92 Å². The van der Waals surface area contributed by atoms with E-state index in [1.807, 2.05) is 19.0 Å². The van der Waals surface area contributed by atoms with E-state index in [1.165, 1.54) is 16.0 Å². The lowest BCUT2D eigenvalue weighted by molar-refractivity contribution is 0.641. The van der Waals surface area contributed by atoms with Crippen molar-refractivity contribution in [1.29, 1.82) is 0 Å². The van der Waals surface area contributed by atoms with Crippen LogP contribution < -0.4 is 10.6 Å². The van der Waals surface area contributed by atoms with Crippen LogP contribution in [0.5, 0.6) is 0 Å². The summed E-state index contributed by atoms with van der Waals surface area (Å²) in [5, 5.41) is 9.37. The number of nitrogens with two attached hydrogens (primary N) is 1. The van der Waals surface area contributed by atoms with Gasteiger partial charge in [0.1, 0.15) is 0 Å². The molecule has 0 saturated carbocycles. The van der Waals surface area contributed by atoms with Gasteiger partial charge < -0.3 is 10.6 Å². The van der Waals surface area contributed by atoms with Crippen LogP contribution in [0.4, 0.5) is 5.13 Å². The molecule has 0 spiro atoms. The molecule has 1 heterocycles. The minimum absolute atomic E-state index is 0.206. The van der Waals surface area contributed by atoms with E-state index in [-0.39, 0.29) is 6.04 Å². The summed E-state index contributed by atoms with van der Waals surface area (Å²) in [7, 11) is 3.96. The van der Waals surface area contributed by atoms with Crippen molar-refractivity contribution in [3.05, 3.63) is 29.3 Å². The van der Waals surface area contributed by atoms with Crippen molar-refractivity contribution in [3.63, 3.8) is 0 Å². The van der Waals surface area contributed by atoms with Crippen LogP contribution in [0.15, 0.2) is 27.4 Å². The van der Waals surface area contributed by atoms with Gasteiger partial charge in [-0.25, -0.2) is 0 Å². The maximum Gasteiger partial charge on any atom is 0.208 e. The summed E-state index contributed by atoms with van der Waals surface area (Å²) in [6, 6.07) is 6.73. The van der Waals surface area contributed by atoms with Gasteiger partial charge in [-0.15, -0.1) is 10.2 Å². The first-order valence-electron chi connectivity index (χ1n) is 7.03. The second-order valence-corrected chi connectivity index (χ2v) is 7.58. The Morgan fingerprint density at radius 2 is 2.10 bits per heavy atom. The minimum atomic E-state index is 0.206. The molecule has 114 valence electrons. The Balaban J connectivity index is 2.21. The van der Waals surface area contributed by atoms with Crippen LogP contribution >= 0.6 is 23.1 Å².